The van der Waals surface area contributed by atoms with Crippen molar-refractivity contribution in [2.45, 2.75) is 121 Å². The van der Waals surface area contributed by atoms with E-state index in [1.807, 2.05) is 82.4 Å². The number of likely N-dealkylation sites (tertiary alicyclic amines) is 1. The number of pyridine rings is 1. The van der Waals surface area contributed by atoms with Crippen molar-refractivity contribution in [1.29, 1.82) is 0 Å². The van der Waals surface area contributed by atoms with E-state index in [4.69, 9.17) is 29.2 Å². The number of nitrogens with two attached hydrogens (primary N) is 1. The number of ether oxygens (including phenoxy) is 4. The molecule has 4 saturated heterocycles. The second-order valence-electron chi connectivity index (χ2n) is 23.4. The van der Waals surface area contributed by atoms with Gasteiger partial charge in [-0.2, -0.15) is 0 Å². The van der Waals surface area contributed by atoms with Crippen LogP contribution >= 0.6 is 22.1 Å². The van der Waals surface area contributed by atoms with Crippen LogP contribution in [0, 0.1) is 12.8 Å². The minimum Gasteiger partial charge on any atom is -0.507 e. The molecule has 0 spiro atoms. The Labute approximate surface area is 515 Å². The summed E-state index contributed by atoms with van der Waals surface area (Å²) in [5.41, 5.74) is 14.1. The molecule has 4 aliphatic heterocycles. The Morgan fingerprint density at radius 1 is 0.897 bits per heavy atom. The first-order valence-corrected chi connectivity index (χ1v) is 33.8. The Balaban J connectivity index is 0.702. The van der Waals surface area contributed by atoms with Crippen molar-refractivity contribution in [3.63, 3.8) is 0 Å². The third kappa shape index (κ3) is 15.2. The number of piperazine rings is 2. The smallest absolute Gasteiger partial charge is 0.507 e. The first-order chi connectivity index (χ1) is 41.7. The second-order valence-corrected chi connectivity index (χ2v) is 29.0. The van der Waals surface area contributed by atoms with Crippen LogP contribution in [0.5, 0.6) is 17.5 Å². The molecule has 4 N–H and O–H groups in total. The zero-order valence-electron chi connectivity index (χ0n) is 50.4. The number of thiazole rings is 1. The number of nitrogens with one attached hydrogen (secondary N) is 1. The normalized spacial score (nSPS) is 21.3. The quantitative estimate of drug-likeness (QED) is 0.0408. The average Bonchev–Trinajstić information content (AvgIpc) is 2.35. The summed E-state index contributed by atoms with van der Waals surface area (Å²) in [6, 6.07) is 21.9. The summed E-state index contributed by atoms with van der Waals surface area (Å²) in [5, 5.41) is 25.7. The van der Waals surface area contributed by atoms with Gasteiger partial charge in [-0.25, -0.2) is 23.2 Å². The highest BCUT2D eigenvalue weighted by atomic mass is 33.1. The van der Waals surface area contributed by atoms with Crippen LogP contribution in [0.2, 0.25) is 0 Å². The maximum Gasteiger partial charge on any atom is 0.508 e. The van der Waals surface area contributed by atoms with Crippen LogP contribution in [0.15, 0.2) is 89.0 Å². The number of anilines is 3. The van der Waals surface area contributed by atoms with Gasteiger partial charge in [0.2, 0.25) is 17.7 Å². The van der Waals surface area contributed by atoms with Gasteiger partial charge >= 0.3 is 6.16 Å². The zero-order chi connectivity index (χ0) is 61.7. The molecule has 9 atom stereocenters. The highest BCUT2D eigenvalue weighted by molar-refractivity contribution is 8.72. The van der Waals surface area contributed by atoms with Crippen LogP contribution in [-0.2, 0) is 27.9 Å². The van der Waals surface area contributed by atoms with Gasteiger partial charge in [0.15, 0.2) is 20.4 Å². The molecule has 2 amide bonds. The Morgan fingerprint density at radius 3 is 2.33 bits per heavy atom. The van der Waals surface area contributed by atoms with Gasteiger partial charge < -0.3 is 54.3 Å². The number of phenols is 1. The molecular formula is C61H78N12O11S3. The van der Waals surface area contributed by atoms with Crippen molar-refractivity contribution in [3.05, 3.63) is 102 Å². The van der Waals surface area contributed by atoms with Crippen LogP contribution in [-0.4, -0.2) is 185 Å². The van der Waals surface area contributed by atoms with Gasteiger partial charge in [0.25, 0.3) is 5.88 Å². The third-order valence-electron chi connectivity index (χ3n) is 16.9. The third-order valence-corrected chi connectivity index (χ3v) is 20.8. The van der Waals surface area contributed by atoms with Crippen LogP contribution in [0.25, 0.3) is 21.7 Å². The Bertz CT molecular complexity index is 3470. The van der Waals surface area contributed by atoms with Crippen LogP contribution in [0.3, 0.4) is 0 Å². The van der Waals surface area contributed by atoms with E-state index >= 15 is 0 Å². The number of rotatable bonds is 23. The first-order valence-electron chi connectivity index (χ1n) is 29.6. The molecule has 466 valence electrons. The van der Waals surface area contributed by atoms with E-state index in [1.54, 1.807) is 48.9 Å². The maximum absolute atomic E-state index is 14.8. The zero-order valence-corrected chi connectivity index (χ0v) is 52.8. The second kappa shape index (κ2) is 27.4. The summed E-state index contributed by atoms with van der Waals surface area (Å²) >= 11 is 1.55. The largest absolute Gasteiger partial charge is 0.508 e. The molecular weight excluding hydrogens is 1170 g/mol. The van der Waals surface area contributed by atoms with E-state index in [0.29, 0.717) is 53.5 Å². The minimum atomic E-state index is -3.42. The summed E-state index contributed by atoms with van der Waals surface area (Å²) in [4.78, 5) is 63.3. The van der Waals surface area contributed by atoms with E-state index in [9.17, 15) is 27.9 Å². The minimum absolute atomic E-state index is 0.00949. The molecule has 6 aromatic rings. The Hall–Kier alpha value is -7.26. The molecule has 23 nitrogen and oxygen atoms in total. The topological polar surface area (TPSA) is 274 Å². The number of aromatic hydroxyl groups is 1. The number of aryl methyl sites for hydroxylation is 1. The van der Waals surface area contributed by atoms with Gasteiger partial charge in [-0.1, -0.05) is 50.2 Å². The number of benzene rings is 2. The number of carbonyl (C=O) groups excluding carboxylic acids is 3. The van der Waals surface area contributed by atoms with Gasteiger partial charge in [0, 0.05) is 106 Å². The Morgan fingerprint density at radius 2 is 1.63 bits per heavy atom. The molecule has 4 unspecified atom stereocenters. The van der Waals surface area contributed by atoms with Gasteiger partial charge in [-0.15, -0.1) is 21.5 Å². The van der Waals surface area contributed by atoms with E-state index in [2.05, 4.69) is 63.2 Å². The summed E-state index contributed by atoms with van der Waals surface area (Å²) in [6.07, 6.45) is 2.21. The average molecular weight is 1250 g/mol. The van der Waals surface area contributed by atoms with E-state index < -0.39 is 62.3 Å². The van der Waals surface area contributed by atoms with Gasteiger partial charge in [0.1, 0.15) is 43.1 Å². The summed E-state index contributed by atoms with van der Waals surface area (Å²) < 4.78 is 53.3. The molecule has 0 aliphatic carbocycles. The van der Waals surface area contributed by atoms with Gasteiger partial charge in [-0.3, -0.25) is 19.4 Å². The standard InChI is InChI=1S/C61H78N12O11S3/c1-36(2)56(60(76)72-34-47(83-61(77)82-40(6)41(7)86-87(8,78)79)28-51(72)59(75)65-38(4)42-13-15-43(16-14-42)57-39(5)64-35-85-57)53-30-55(68-84-53)81-25-23-69-21-22-70(37(3)31-69)24-26-80-54-27-44(19-20-63-54)73-45-17-18-46(73)33-71(32-45)50-29-49(66-67-58(50)62)48-11-9-10-12-52(48)74/h9-16,19-20,27,29-30,35-38,40-41,45-47,51,56,74H,17-18,21-26,28,31-34H2,1-8H3,(H2,62,67)(H,65,75)/t37-,38+,40?,41?,45?,46?,47-,51+,56-/m1/s1. The lowest BCUT2D eigenvalue weighted by atomic mass is 9.91. The fourth-order valence-corrected chi connectivity index (χ4v) is 15.9. The number of fused-ring (bicyclic) bond motifs is 2. The first kappa shape index (κ1) is 62.8. The molecule has 0 radical (unpaired) electrons. The molecule has 4 aromatic heterocycles. The molecule has 0 saturated carbocycles. The predicted molar refractivity (Wildman–Crippen MR) is 334 cm³/mol. The van der Waals surface area contributed by atoms with E-state index in [-0.39, 0.29) is 54.4 Å². The van der Waals surface area contributed by atoms with Crippen molar-refractivity contribution in [2.24, 2.45) is 5.92 Å². The van der Waals surface area contributed by atoms with Crippen molar-refractivity contribution in [2.75, 3.05) is 87.4 Å². The lowest BCUT2D eigenvalue weighted by molar-refractivity contribution is -0.141. The highest BCUT2D eigenvalue weighted by Gasteiger charge is 2.46. The predicted octanol–water partition coefficient (Wildman–Crippen LogP) is 7.78. The summed E-state index contributed by atoms with van der Waals surface area (Å²) in [5.74, 6) is -0.419. The van der Waals surface area contributed by atoms with Gasteiger partial charge in [0.05, 0.1) is 45.3 Å². The fraction of sp³-hybridized carbons (Fsp3) is 0.508. The van der Waals surface area contributed by atoms with Crippen molar-refractivity contribution < 1.29 is 51.4 Å². The van der Waals surface area contributed by atoms with Crippen molar-refractivity contribution in [3.8, 4) is 39.2 Å². The molecule has 87 heavy (non-hydrogen) atoms. The number of para-hydroxylation sites is 1. The van der Waals surface area contributed by atoms with Crippen molar-refractivity contribution in [1.82, 2.24) is 45.3 Å². The molecule has 8 heterocycles. The number of nitrogen functional groups attached to an aromatic ring is 1. The summed E-state index contributed by atoms with van der Waals surface area (Å²) in [7, 11) is -2.74. The number of carbonyl (C=O) groups is 3. The van der Waals surface area contributed by atoms with Crippen molar-refractivity contribution >= 4 is 66.2 Å². The monoisotopic (exact) mass is 1250 g/mol. The molecule has 4 fully saturated rings. The molecule has 26 heteroatoms. The maximum atomic E-state index is 14.8. The molecule has 2 bridgehead atoms. The SMILES string of the molecule is Cc1ncsc1-c1ccc([C@H](C)NC(=O)[C@@H]2C[C@@H](OC(=O)OC(C)C(C)SS(C)(=O)=O)CN2C(=O)[C@@H](c2cc(OCCN3CCN(CCOc4cc(N5C6CCC5CN(c5cc(-c7ccccc7O)nnc5N)C6)ccn4)[C@H](C)C3)no2)C(C)C)cc1. The number of aromatic nitrogens is 5. The number of hydrogen-bond acceptors (Lipinski definition) is 23. The number of amides is 2. The number of phenolic OH excluding ortho intramolecular Hbond substituents is 1. The van der Waals surface area contributed by atoms with Crippen LogP contribution in [0.4, 0.5) is 22.0 Å². The fourth-order valence-electron chi connectivity index (χ4n) is 12.2. The summed E-state index contributed by atoms with van der Waals surface area (Å²) in [6.45, 7) is 19.1. The van der Waals surface area contributed by atoms with E-state index in [1.165, 1.54) is 4.90 Å². The van der Waals surface area contributed by atoms with Crippen LogP contribution < -0.4 is 30.3 Å². The van der Waals surface area contributed by atoms with Crippen LogP contribution in [0.1, 0.15) is 89.8 Å². The number of nitrogens with zero attached hydrogens (tertiary/aromatic N) is 10. The Kier molecular flexibility index (Phi) is 19.8. The lowest BCUT2D eigenvalue weighted by Crippen LogP contribution is -2.54. The lowest BCUT2D eigenvalue weighted by Gasteiger charge is -2.43. The molecule has 2 aromatic carbocycles. The number of hydrogen-bond donors (Lipinski definition) is 3. The molecule has 10 rings (SSSR count). The van der Waals surface area contributed by atoms with Gasteiger partial charge in [-0.05, 0) is 105 Å². The van der Waals surface area contributed by atoms with E-state index in [0.717, 1.165) is 91.4 Å². The highest BCUT2D eigenvalue weighted by Crippen LogP contribution is 2.40. The molecule has 4 aliphatic rings.